The van der Waals surface area contributed by atoms with Crippen LogP contribution in [0.1, 0.15) is 24.7 Å². The number of rotatable bonds is 5. The van der Waals surface area contributed by atoms with E-state index in [4.69, 9.17) is 10.1 Å². The number of anilines is 2. The first kappa shape index (κ1) is 15.8. The predicted octanol–water partition coefficient (Wildman–Crippen LogP) is 3.34. The van der Waals surface area contributed by atoms with Gasteiger partial charge in [-0.25, -0.2) is 9.97 Å². The van der Waals surface area contributed by atoms with Gasteiger partial charge in [0.2, 0.25) is 5.95 Å². The fourth-order valence-corrected chi connectivity index (χ4v) is 1.92. The number of aromatic nitrogens is 2. The first-order valence-electron chi connectivity index (χ1n) is 7.24. The van der Waals surface area contributed by atoms with Crippen LogP contribution in [0.4, 0.5) is 11.6 Å². The smallest absolute Gasteiger partial charge is 0.229 e. The quantitative estimate of drug-likeness (QED) is 0.582. The van der Waals surface area contributed by atoms with Gasteiger partial charge >= 0.3 is 0 Å². The largest absolute Gasteiger partial charge is 0.494 e. The third-order valence-electron chi connectivity index (χ3n) is 2.82. The van der Waals surface area contributed by atoms with Crippen molar-refractivity contribution >= 4 is 17.6 Å². The van der Waals surface area contributed by atoms with E-state index in [1.807, 2.05) is 44.2 Å². The van der Waals surface area contributed by atoms with Gasteiger partial charge in [-0.05, 0) is 50.6 Å². The van der Waals surface area contributed by atoms with E-state index in [2.05, 4.69) is 27.5 Å². The first-order valence-corrected chi connectivity index (χ1v) is 7.24. The topological polar surface area (TPSA) is 82.9 Å². The van der Waals surface area contributed by atoms with Crippen molar-refractivity contribution in [2.75, 3.05) is 17.2 Å². The van der Waals surface area contributed by atoms with Crippen molar-refractivity contribution in [3.63, 3.8) is 0 Å². The summed E-state index contributed by atoms with van der Waals surface area (Å²) in [7, 11) is 0. The van der Waals surface area contributed by atoms with E-state index >= 15 is 0 Å². The molecule has 0 radical (unpaired) electrons. The second-order valence-electron chi connectivity index (χ2n) is 4.97. The molecule has 1 aromatic heterocycles. The molecule has 6 nitrogen and oxygen atoms in total. The summed E-state index contributed by atoms with van der Waals surface area (Å²) in [6, 6.07) is 9.36. The number of nitrogens with zero attached hydrogens (tertiary/aromatic N) is 2. The fraction of sp³-hybridized carbons (Fsp3) is 0.312. The van der Waals surface area contributed by atoms with Gasteiger partial charge in [0.1, 0.15) is 5.75 Å². The SMILES string of the molecule is CCCOc1ccc(NC(=N)Nc2nc(C)cc(C)n2)cc1. The summed E-state index contributed by atoms with van der Waals surface area (Å²) < 4.78 is 5.52. The summed E-state index contributed by atoms with van der Waals surface area (Å²) >= 11 is 0. The molecule has 22 heavy (non-hydrogen) atoms. The van der Waals surface area contributed by atoms with Gasteiger partial charge in [0, 0.05) is 17.1 Å². The van der Waals surface area contributed by atoms with Crippen molar-refractivity contribution < 1.29 is 4.74 Å². The van der Waals surface area contributed by atoms with Gasteiger partial charge in [-0.2, -0.15) is 0 Å². The van der Waals surface area contributed by atoms with Gasteiger partial charge in [0.15, 0.2) is 5.96 Å². The monoisotopic (exact) mass is 299 g/mol. The maximum Gasteiger partial charge on any atom is 0.229 e. The van der Waals surface area contributed by atoms with Crippen LogP contribution in [0.3, 0.4) is 0 Å². The van der Waals surface area contributed by atoms with Crippen LogP contribution < -0.4 is 15.4 Å². The Bertz CT molecular complexity index is 619. The zero-order valence-corrected chi connectivity index (χ0v) is 13.1. The fourth-order valence-electron chi connectivity index (χ4n) is 1.92. The zero-order valence-electron chi connectivity index (χ0n) is 13.1. The van der Waals surface area contributed by atoms with Crippen molar-refractivity contribution in [3.05, 3.63) is 41.7 Å². The van der Waals surface area contributed by atoms with Crippen LogP contribution in [0, 0.1) is 19.3 Å². The molecule has 2 aromatic rings. The number of benzene rings is 1. The molecular formula is C16H21N5O. The molecule has 1 aromatic carbocycles. The number of hydrogen-bond acceptors (Lipinski definition) is 4. The molecule has 0 unspecified atom stereocenters. The van der Waals surface area contributed by atoms with Crippen LogP contribution >= 0.6 is 0 Å². The van der Waals surface area contributed by atoms with E-state index in [0.717, 1.165) is 29.2 Å². The number of nitrogens with one attached hydrogen (secondary N) is 3. The van der Waals surface area contributed by atoms with E-state index in [9.17, 15) is 0 Å². The summed E-state index contributed by atoms with van der Waals surface area (Å²) in [5, 5.41) is 13.7. The molecule has 0 atom stereocenters. The molecule has 0 aliphatic carbocycles. The lowest BCUT2D eigenvalue weighted by Gasteiger charge is -2.11. The van der Waals surface area contributed by atoms with Crippen molar-refractivity contribution in [1.82, 2.24) is 9.97 Å². The van der Waals surface area contributed by atoms with E-state index in [1.165, 1.54) is 0 Å². The molecule has 6 heteroatoms. The molecule has 0 bridgehead atoms. The second-order valence-corrected chi connectivity index (χ2v) is 4.97. The van der Waals surface area contributed by atoms with Crippen molar-refractivity contribution in [1.29, 1.82) is 5.41 Å². The number of guanidine groups is 1. The van der Waals surface area contributed by atoms with Gasteiger partial charge in [-0.3, -0.25) is 10.7 Å². The number of aryl methyl sites for hydroxylation is 2. The molecule has 0 amide bonds. The highest BCUT2D eigenvalue weighted by Crippen LogP contribution is 2.16. The Morgan fingerprint density at radius 2 is 1.73 bits per heavy atom. The highest BCUT2D eigenvalue weighted by atomic mass is 16.5. The number of hydrogen-bond donors (Lipinski definition) is 3. The van der Waals surface area contributed by atoms with E-state index in [-0.39, 0.29) is 5.96 Å². The minimum atomic E-state index is 0.118. The zero-order chi connectivity index (χ0) is 15.9. The Kier molecular flexibility index (Phi) is 5.30. The highest BCUT2D eigenvalue weighted by Gasteiger charge is 2.03. The molecule has 0 aliphatic heterocycles. The Morgan fingerprint density at radius 1 is 1.09 bits per heavy atom. The van der Waals surface area contributed by atoms with Crippen LogP contribution in [0.2, 0.25) is 0 Å². The maximum absolute atomic E-state index is 7.94. The Hall–Kier alpha value is -2.63. The molecule has 1 heterocycles. The predicted molar refractivity (Wildman–Crippen MR) is 88.7 cm³/mol. The lowest BCUT2D eigenvalue weighted by atomic mass is 10.3. The molecule has 0 aliphatic rings. The third kappa shape index (κ3) is 4.73. The summed E-state index contributed by atoms with van der Waals surface area (Å²) in [4.78, 5) is 8.48. The summed E-state index contributed by atoms with van der Waals surface area (Å²) in [6.07, 6.45) is 0.977. The van der Waals surface area contributed by atoms with E-state index < -0.39 is 0 Å². The van der Waals surface area contributed by atoms with E-state index in [1.54, 1.807) is 0 Å². The molecule has 2 rings (SSSR count). The Labute approximate surface area is 130 Å². The average Bonchev–Trinajstić information content (AvgIpc) is 2.45. The van der Waals surface area contributed by atoms with Gasteiger partial charge in [-0.1, -0.05) is 6.92 Å². The molecule has 116 valence electrons. The summed E-state index contributed by atoms with van der Waals surface area (Å²) in [5.74, 6) is 1.36. The van der Waals surface area contributed by atoms with Crippen LogP contribution in [0.5, 0.6) is 5.75 Å². The molecule has 3 N–H and O–H groups in total. The highest BCUT2D eigenvalue weighted by molar-refractivity contribution is 6.00. The van der Waals surface area contributed by atoms with Crippen LogP contribution in [-0.4, -0.2) is 22.5 Å². The first-order chi connectivity index (χ1) is 10.6. The van der Waals surface area contributed by atoms with Crippen molar-refractivity contribution in [2.24, 2.45) is 0 Å². The summed E-state index contributed by atoms with van der Waals surface area (Å²) in [6.45, 7) is 6.56. The lowest BCUT2D eigenvalue weighted by molar-refractivity contribution is 0.317. The summed E-state index contributed by atoms with van der Waals surface area (Å²) in [5.41, 5.74) is 2.52. The maximum atomic E-state index is 7.94. The molecule has 0 saturated heterocycles. The molecule has 0 saturated carbocycles. The lowest BCUT2D eigenvalue weighted by Crippen LogP contribution is -2.22. The molecular weight excluding hydrogens is 278 g/mol. The van der Waals surface area contributed by atoms with Crippen LogP contribution in [0.15, 0.2) is 30.3 Å². The van der Waals surface area contributed by atoms with Crippen LogP contribution in [0.25, 0.3) is 0 Å². The average molecular weight is 299 g/mol. The minimum absolute atomic E-state index is 0.118. The van der Waals surface area contributed by atoms with Gasteiger partial charge < -0.3 is 10.1 Å². The van der Waals surface area contributed by atoms with Gasteiger partial charge in [-0.15, -0.1) is 0 Å². The Morgan fingerprint density at radius 3 is 2.32 bits per heavy atom. The van der Waals surface area contributed by atoms with Gasteiger partial charge in [0.05, 0.1) is 6.61 Å². The van der Waals surface area contributed by atoms with E-state index in [0.29, 0.717) is 12.6 Å². The Balaban J connectivity index is 1.93. The molecule has 0 fully saturated rings. The third-order valence-corrected chi connectivity index (χ3v) is 2.82. The van der Waals surface area contributed by atoms with Gasteiger partial charge in [0.25, 0.3) is 0 Å². The van der Waals surface area contributed by atoms with Crippen molar-refractivity contribution in [3.8, 4) is 5.75 Å². The minimum Gasteiger partial charge on any atom is -0.494 e. The standard InChI is InChI=1S/C16H21N5O/c1-4-9-22-14-7-5-13(6-8-14)20-15(17)21-16-18-11(2)10-12(3)19-16/h5-8,10H,4,9H2,1-3H3,(H3,17,18,19,20,21). The molecule has 0 spiro atoms. The van der Waals surface area contributed by atoms with Crippen LogP contribution in [-0.2, 0) is 0 Å². The second kappa shape index (κ2) is 7.40. The normalized spacial score (nSPS) is 10.1. The number of ether oxygens (including phenoxy) is 1. The van der Waals surface area contributed by atoms with Crippen molar-refractivity contribution in [2.45, 2.75) is 27.2 Å².